The van der Waals surface area contributed by atoms with Crippen molar-refractivity contribution in [1.82, 2.24) is 0 Å². The van der Waals surface area contributed by atoms with Gasteiger partial charge in [0.25, 0.3) is 5.52 Å². The SMILES string of the molecule is Cc1cc(C(=O)P(=O)(O)O)c(C)c(Oc2ccccc2)c1F. The number of benzene rings is 2. The van der Waals surface area contributed by atoms with Crippen LogP contribution in [-0.4, -0.2) is 15.3 Å². The van der Waals surface area contributed by atoms with E-state index < -0.39 is 18.9 Å². The van der Waals surface area contributed by atoms with Crippen molar-refractivity contribution in [3.63, 3.8) is 0 Å². The van der Waals surface area contributed by atoms with E-state index in [9.17, 15) is 13.8 Å². The first-order valence-electron chi connectivity index (χ1n) is 6.35. The molecule has 0 heterocycles. The van der Waals surface area contributed by atoms with Crippen molar-refractivity contribution >= 4 is 13.1 Å². The number of para-hydroxylation sites is 1. The number of carbonyl (C=O) groups is 1. The third-order valence-electron chi connectivity index (χ3n) is 3.11. The average molecular weight is 324 g/mol. The van der Waals surface area contributed by atoms with Gasteiger partial charge in [-0.3, -0.25) is 9.36 Å². The maximum Gasteiger partial charge on any atom is 0.396 e. The highest BCUT2D eigenvalue weighted by Crippen LogP contribution is 2.42. The number of hydrogen-bond acceptors (Lipinski definition) is 3. The summed E-state index contributed by atoms with van der Waals surface area (Å²) >= 11 is 0. The molecule has 0 aliphatic rings. The molecule has 2 rings (SSSR count). The zero-order chi connectivity index (χ0) is 16.5. The van der Waals surface area contributed by atoms with Crippen molar-refractivity contribution in [2.24, 2.45) is 0 Å². The van der Waals surface area contributed by atoms with Gasteiger partial charge in [0, 0.05) is 11.1 Å². The Morgan fingerprint density at radius 3 is 2.32 bits per heavy atom. The Hall–Kier alpha value is -2.01. The molecular weight excluding hydrogens is 310 g/mol. The first kappa shape index (κ1) is 16.4. The van der Waals surface area contributed by atoms with Crippen molar-refractivity contribution in [3.8, 4) is 11.5 Å². The minimum absolute atomic E-state index is 0.0419. The molecule has 0 atom stereocenters. The van der Waals surface area contributed by atoms with Crippen LogP contribution in [0.25, 0.3) is 0 Å². The van der Waals surface area contributed by atoms with Crippen LogP contribution in [0.5, 0.6) is 11.5 Å². The number of carbonyl (C=O) groups excluding carboxylic acids is 1. The summed E-state index contributed by atoms with van der Waals surface area (Å²) < 4.78 is 30.9. The van der Waals surface area contributed by atoms with Crippen LogP contribution in [0.3, 0.4) is 0 Å². The monoisotopic (exact) mass is 324 g/mol. The van der Waals surface area contributed by atoms with Crippen molar-refractivity contribution in [2.75, 3.05) is 0 Å². The summed E-state index contributed by atoms with van der Waals surface area (Å²) in [6.07, 6.45) is 0. The van der Waals surface area contributed by atoms with Crippen LogP contribution < -0.4 is 4.74 Å². The van der Waals surface area contributed by atoms with E-state index in [1.165, 1.54) is 13.8 Å². The van der Waals surface area contributed by atoms with Crippen LogP contribution in [0.15, 0.2) is 36.4 Å². The van der Waals surface area contributed by atoms with Gasteiger partial charge in [0.1, 0.15) is 5.75 Å². The second-order valence-corrected chi connectivity index (χ2v) is 6.27. The number of rotatable bonds is 4. The van der Waals surface area contributed by atoms with Gasteiger partial charge >= 0.3 is 7.60 Å². The molecular formula is C15H14FO5P. The molecule has 0 aliphatic carbocycles. The van der Waals surface area contributed by atoms with Gasteiger partial charge in [0.2, 0.25) is 0 Å². The van der Waals surface area contributed by atoms with E-state index in [4.69, 9.17) is 14.5 Å². The van der Waals surface area contributed by atoms with Crippen molar-refractivity contribution in [3.05, 3.63) is 58.9 Å². The highest BCUT2D eigenvalue weighted by Gasteiger charge is 2.31. The molecule has 0 fully saturated rings. The predicted molar refractivity (Wildman–Crippen MR) is 78.8 cm³/mol. The molecule has 7 heteroatoms. The molecule has 2 aromatic carbocycles. The highest BCUT2D eigenvalue weighted by molar-refractivity contribution is 7.70. The van der Waals surface area contributed by atoms with Crippen molar-refractivity contribution < 1.29 is 28.3 Å². The molecule has 5 nitrogen and oxygen atoms in total. The normalized spacial score (nSPS) is 11.3. The third-order valence-corrected chi connectivity index (χ3v) is 3.88. The first-order valence-corrected chi connectivity index (χ1v) is 7.96. The molecule has 0 unspecified atom stereocenters. The average Bonchev–Trinajstić information content (AvgIpc) is 2.47. The van der Waals surface area contributed by atoms with Crippen LogP contribution in [0, 0.1) is 19.7 Å². The summed E-state index contributed by atoms with van der Waals surface area (Å²) in [7, 11) is -4.96. The predicted octanol–water partition coefficient (Wildman–Crippen LogP) is 3.55. The number of hydrogen-bond donors (Lipinski definition) is 2. The summed E-state index contributed by atoms with van der Waals surface area (Å²) in [6.45, 7) is 2.77. The molecule has 116 valence electrons. The minimum Gasteiger partial charge on any atom is -0.454 e. The number of halogens is 1. The van der Waals surface area contributed by atoms with E-state index in [2.05, 4.69) is 0 Å². The van der Waals surface area contributed by atoms with E-state index in [1.54, 1.807) is 30.3 Å². The molecule has 0 aromatic heterocycles. The first-order chi connectivity index (χ1) is 10.2. The topological polar surface area (TPSA) is 83.8 Å². The number of ether oxygens (including phenoxy) is 1. The van der Waals surface area contributed by atoms with Crippen LogP contribution in [0.2, 0.25) is 0 Å². The second kappa shape index (κ2) is 6.01. The fourth-order valence-electron chi connectivity index (χ4n) is 1.96. The Labute approximate surface area is 126 Å². The van der Waals surface area contributed by atoms with E-state index >= 15 is 0 Å². The van der Waals surface area contributed by atoms with Crippen LogP contribution in [-0.2, 0) is 4.57 Å². The van der Waals surface area contributed by atoms with Crippen LogP contribution in [0.1, 0.15) is 21.5 Å². The van der Waals surface area contributed by atoms with Crippen LogP contribution >= 0.6 is 7.60 Å². The minimum atomic E-state index is -4.96. The van der Waals surface area contributed by atoms with Crippen molar-refractivity contribution in [2.45, 2.75) is 13.8 Å². The molecule has 0 radical (unpaired) electrons. The lowest BCUT2D eigenvalue weighted by Gasteiger charge is -2.15. The van der Waals surface area contributed by atoms with Crippen LogP contribution in [0.4, 0.5) is 4.39 Å². The maximum absolute atomic E-state index is 14.3. The van der Waals surface area contributed by atoms with Gasteiger partial charge in [-0.25, -0.2) is 4.39 Å². The molecule has 2 N–H and O–H groups in total. The van der Waals surface area contributed by atoms with Gasteiger partial charge in [-0.15, -0.1) is 0 Å². The summed E-state index contributed by atoms with van der Waals surface area (Å²) in [5, 5.41) is 0. The van der Waals surface area contributed by atoms with Gasteiger partial charge < -0.3 is 14.5 Å². The number of aryl methyl sites for hydroxylation is 1. The fraction of sp³-hybridized carbons (Fsp3) is 0.133. The molecule has 0 saturated carbocycles. The van der Waals surface area contributed by atoms with E-state index in [-0.39, 0.29) is 22.4 Å². The highest BCUT2D eigenvalue weighted by atomic mass is 31.2. The Balaban J connectivity index is 2.57. The molecule has 0 spiro atoms. The quantitative estimate of drug-likeness (QED) is 0.840. The zero-order valence-electron chi connectivity index (χ0n) is 11.9. The van der Waals surface area contributed by atoms with Gasteiger partial charge in [-0.2, -0.15) is 0 Å². The lowest BCUT2D eigenvalue weighted by molar-refractivity contribution is 0.104. The molecule has 0 saturated heterocycles. The standard InChI is InChI=1S/C15H14FO5P/c1-9-8-12(15(17)22(18,19)20)10(2)14(13(9)16)21-11-6-4-3-5-7-11/h3-8H,1-2H3,(H2,18,19,20). The Morgan fingerprint density at radius 1 is 1.18 bits per heavy atom. The molecule has 0 bridgehead atoms. The smallest absolute Gasteiger partial charge is 0.396 e. The Bertz CT molecular complexity index is 767. The summed E-state index contributed by atoms with van der Waals surface area (Å²) in [5.74, 6) is -0.545. The molecule has 2 aromatic rings. The summed E-state index contributed by atoms with van der Waals surface area (Å²) in [4.78, 5) is 29.9. The molecule has 22 heavy (non-hydrogen) atoms. The molecule has 0 aliphatic heterocycles. The van der Waals surface area contributed by atoms with E-state index in [1.807, 2.05) is 0 Å². The lowest BCUT2D eigenvalue weighted by atomic mass is 10.0. The third kappa shape index (κ3) is 3.25. The fourth-order valence-corrected chi connectivity index (χ4v) is 2.51. The largest absolute Gasteiger partial charge is 0.454 e. The maximum atomic E-state index is 14.3. The van der Waals surface area contributed by atoms with E-state index in [0.717, 1.165) is 6.07 Å². The zero-order valence-corrected chi connectivity index (χ0v) is 12.8. The Morgan fingerprint density at radius 2 is 1.77 bits per heavy atom. The summed E-state index contributed by atoms with van der Waals surface area (Å²) in [6, 6.07) is 9.47. The Kier molecular flexibility index (Phi) is 4.47. The van der Waals surface area contributed by atoms with E-state index in [0.29, 0.717) is 5.75 Å². The second-order valence-electron chi connectivity index (χ2n) is 4.77. The van der Waals surface area contributed by atoms with Gasteiger partial charge in [0.15, 0.2) is 11.6 Å². The van der Waals surface area contributed by atoms with Gasteiger partial charge in [0.05, 0.1) is 0 Å². The molecule has 0 amide bonds. The van der Waals surface area contributed by atoms with Crippen molar-refractivity contribution in [1.29, 1.82) is 0 Å². The lowest BCUT2D eigenvalue weighted by Crippen LogP contribution is -2.06. The van der Waals surface area contributed by atoms with Gasteiger partial charge in [-0.05, 0) is 37.6 Å². The summed E-state index contributed by atoms with van der Waals surface area (Å²) in [5.41, 5.74) is -1.50. The van der Waals surface area contributed by atoms with Gasteiger partial charge in [-0.1, -0.05) is 18.2 Å².